The number of nitro benzene ring substituents is 1. The predicted molar refractivity (Wildman–Crippen MR) is 87.2 cm³/mol. The van der Waals surface area contributed by atoms with Gasteiger partial charge in [-0.25, -0.2) is 4.98 Å². The van der Waals surface area contributed by atoms with Gasteiger partial charge in [0.05, 0.1) is 16.8 Å². The van der Waals surface area contributed by atoms with Crippen LogP contribution in [-0.4, -0.2) is 20.7 Å². The first-order valence-electron chi connectivity index (χ1n) is 7.07. The molecular weight excluding hydrogens is 294 g/mol. The Balaban J connectivity index is 2.15. The molecule has 0 atom stereocenters. The first-order valence-corrected chi connectivity index (χ1v) is 7.07. The zero-order chi connectivity index (χ0) is 17.0. The molecule has 0 saturated carbocycles. The van der Waals surface area contributed by atoms with E-state index in [1.165, 1.54) is 30.5 Å². The van der Waals surface area contributed by atoms with Crippen LogP contribution in [0.15, 0.2) is 42.7 Å². The van der Waals surface area contributed by atoms with Gasteiger partial charge < -0.3 is 0 Å². The molecule has 1 heterocycles. The van der Waals surface area contributed by atoms with Crippen molar-refractivity contribution in [3.63, 3.8) is 0 Å². The van der Waals surface area contributed by atoms with E-state index in [0.29, 0.717) is 5.56 Å². The molecule has 0 aliphatic heterocycles. The van der Waals surface area contributed by atoms with E-state index in [9.17, 15) is 14.9 Å². The third-order valence-corrected chi connectivity index (χ3v) is 3.18. The highest BCUT2D eigenvalue weighted by molar-refractivity contribution is 6.05. The first kappa shape index (κ1) is 16.5. The van der Waals surface area contributed by atoms with Crippen molar-refractivity contribution < 1.29 is 9.72 Å². The predicted octanol–water partition coefficient (Wildman–Crippen LogP) is 3.58. The van der Waals surface area contributed by atoms with Crippen LogP contribution in [0.3, 0.4) is 0 Å². The lowest BCUT2D eigenvalue weighted by atomic mass is 9.93. The lowest BCUT2D eigenvalue weighted by Gasteiger charge is -2.16. The van der Waals surface area contributed by atoms with Crippen molar-refractivity contribution in [2.24, 2.45) is 0 Å². The Hall–Kier alpha value is -2.89. The number of ketones is 1. The van der Waals surface area contributed by atoms with Gasteiger partial charge in [-0.3, -0.25) is 19.9 Å². The quantitative estimate of drug-likeness (QED) is 0.373. The lowest BCUT2D eigenvalue weighted by molar-refractivity contribution is -0.384. The molecule has 0 N–H and O–H groups in total. The minimum absolute atomic E-state index is 0.0195. The minimum Gasteiger partial charge on any atom is -0.287 e. The average Bonchev–Trinajstić information content (AvgIpc) is 2.52. The molecule has 0 saturated heterocycles. The van der Waals surface area contributed by atoms with Crippen LogP contribution >= 0.6 is 0 Å². The fourth-order valence-corrected chi connectivity index (χ4v) is 1.84. The summed E-state index contributed by atoms with van der Waals surface area (Å²) in [6.45, 7) is 6.04. The maximum Gasteiger partial charge on any atom is 0.270 e. The third kappa shape index (κ3) is 4.29. The van der Waals surface area contributed by atoms with Crippen molar-refractivity contribution in [2.75, 3.05) is 0 Å². The monoisotopic (exact) mass is 311 g/mol. The van der Waals surface area contributed by atoms with Crippen molar-refractivity contribution in [1.29, 1.82) is 0 Å². The standard InChI is InChI=1S/C17H17N3O3/c1-17(2,3)16-11-18-14(10-19-16)15(21)8-7-12-5-4-6-13(9-12)20(22)23/h4-11H,1-3H3/b8-7+. The van der Waals surface area contributed by atoms with E-state index in [1.807, 2.05) is 20.8 Å². The number of non-ortho nitro benzene ring substituents is 1. The second-order valence-electron chi connectivity index (χ2n) is 6.09. The maximum atomic E-state index is 12.1. The van der Waals surface area contributed by atoms with Gasteiger partial charge in [0.1, 0.15) is 5.69 Å². The molecule has 0 aliphatic carbocycles. The van der Waals surface area contributed by atoms with E-state index in [2.05, 4.69) is 9.97 Å². The molecule has 23 heavy (non-hydrogen) atoms. The fourth-order valence-electron chi connectivity index (χ4n) is 1.84. The Morgan fingerprint density at radius 1 is 1.22 bits per heavy atom. The summed E-state index contributed by atoms with van der Waals surface area (Å²) in [6.07, 6.45) is 5.89. The molecule has 2 aromatic rings. The van der Waals surface area contributed by atoms with Crippen molar-refractivity contribution in [3.05, 3.63) is 69.8 Å². The van der Waals surface area contributed by atoms with Gasteiger partial charge in [0.2, 0.25) is 5.78 Å². The van der Waals surface area contributed by atoms with Crippen LogP contribution < -0.4 is 0 Å². The van der Waals surface area contributed by atoms with E-state index in [-0.39, 0.29) is 22.6 Å². The number of hydrogen-bond acceptors (Lipinski definition) is 5. The molecule has 0 amide bonds. The van der Waals surface area contributed by atoms with Crippen molar-refractivity contribution in [2.45, 2.75) is 26.2 Å². The molecule has 2 rings (SSSR count). The molecule has 6 nitrogen and oxygen atoms in total. The van der Waals surface area contributed by atoms with E-state index in [0.717, 1.165) is 5.69 Å². The van der Waals surface area contributed by atoms with Gasteiger partial charge >= 0.3 is 0 Å². The van der Waals surface area contributed by atoms with Crippen molar-refractivity contribution in [3.8, 4) is 0 Å². The SMILES string of the molecule is CC(C)(C)c1cnc(C(=O)/C=C/c2cccc([N+](=O)[O-])c2)cn1. The van der Waals surface area contributed by atoms with E-state index < -0.39 is 4.92 Å². The van der Waals surface area contributed by atoms with Gasteiger partial charge in [-0.15, -0.1) is 0 Å². The average molecular weight is 311 g/mol. The molecule has 6 heteroatoms. The maximum absolute atomic E-state index is 12.1. The summed E-state index contributed by atoms with van der Waals surface area (Å²) >= 11 is 0. The minimum atomic E-state index is -0.476. The number of carbonyl (C=O) groups is 1. The summed E-state index contributed by atoms with van der Waals surface area (Å²) in [4.78, 5) is 30.7. The van der Waals surface area contributed by atoms with Gasteiger partial charge in [0.25, 0.3) is 5.69 Å². The number of carbonyl (C=O) groups excluding carboxylic acids is 1. The van der Waals surface area contributed by atoms with Gasteiger partial charge in [-0.1, -0.05) is 39.0 Å². The molecule has 1 aromatic carbocycles. The second kappa shape index (κ2) is 6.48. The van der Waals surface area contributed by atoms with Crippen molar-refractivity contribution >= 4 is 17.5 Å². The largest absolute Gasteiger partial charge is 0.287 e. The Morgan fingerprint density at radius 3 is 2.52 bits per heavy atom. The third-order valence-electron chi connectivity index (χ3n) is 3.18. The summed E-state index contributed by atoms with van der Waals surface area (Å²) in [6, 6.07) is 6.05. The molecule has 0 fully saturated rings. The highest BCUT2D eigenvalue weighted by atomic mass is 16.6. The Labute approximate surface area is 134 Å². The Morgan fingerprint density at radius 2 is 1.96 bits per heavy atom. The zero-order valence-electron chi connectivity index (χ0n) is 13.2. The smallest absolute Gasteiger partial charge is 0.270 e. The normalized spacial score (nSPS) is 11.6. The summed E-state index contributed by atoms with van der Waals surface area (Å²) in [5.74, 6) is -0.301. The van der Waals surface area contributed by atoms with Crippen LogP contribution in [0.2, 0.25) is 0 Å². The molecule has 0 spiro atoms. The highest BCUT2D eigenvalue weighted by Gasteiger charge is 2.16. The van der Waals surface area contributed by atoms with Crippen LogP contribution in [0.1, 0.15) is 42.5 Å². The van der Waals surface area contributed by atoms with Crippen molar-refractivity contribution in [1.82, 2.24) is 9.97 Å². The van der Waals surface area contributed by atoms with Crippen LogP contribution in [-0.2, 0) is 5.41 Å². The summed E-state index contributed by atoms with van der Waals surface area (Å²) in [5.41, 5.74) is 1.46. The van der Waals surface area contributed by atoms with E-state index >= 15 is 0 Å². The molecular formula is C17H17N3O3. The van der Waals surface area contributed by atoms with Gasteiger partial charge in [-0.2, -0.15) is 0 Å². The summed E-state index contributed by atoms with van der Waals surface area (Å²) in [5, 5.41) is 10.7. The molecule has 0 radical (unpaired) electrons. The number of nitrogens with zero attached hydrogens (tertiary/aromatic N) is 3. The van der Waals surface area contributed by atoms with Crippen LogP contribution in [0.4, 0.5) is 5.69 Å². The molecule has 0 aliphatic rings. The number of benzene rings is 1. The van der Waals surface area contributed by atoms with Crippen LogP contribution in [0.25, 0.3) is 6.08 Å². The molecule has 118 valence electrons. The summed E-state index contributed by atoms with van der Waals surface area (Å²) in [7, 11) is 0. The molecule has 0 unspecified atom stereocenters. The Kier molecular flexibility index (Phi) is 4.64. The Bertz CT molecular complexity index is 759. The number of hydrogen-bond donors (Lipinski definition) is 0. The van der Waals surface area contributed by atoms with Crippen LogP contribution in [0.5, 0.6) is 0 Å². The van der Waals surface area contributed by atoms with E-state index in [1.54, 1.807) is 18.3 Å². The number of aromatic nitrogens is 2. The molecule has 1 aromatic heterocycles. The molecule has 0 bridgehead atoms. The number of allylic oxidation sites excluding steroid dienone is 1. The fraction of sp³-hybridized carbons (Fsp3) is 0.235. The zero-order valence-corrected chi connectivity index (χ0v) is 13.2. The van der Waals surface area contributed by atoms with E-state index in [4.69, 9.17) is 0 Å². The first-order chi connectivity index (χ1) is 10.8. The summed E-state index contributed by atoms with van der Waals surface area (Å²) < 4.78 is 0. The van der Waals surface area contributed by atoms with Gasteiger partial charge in [0, 0.05) is 23.7 Å². The van der Waals surface area contributed by atoms with Gasteiger partial charge in [-0.05, 0) is 11.6 Å². The topological polar surface area (TPSA) is 86.0 Å². The number of rotatable bonds is 4. The number of nitro groups is 1. The highest BCUT2D eigenvalue weighted by Crippen LogP contribution is 2.19. The second-order valence-corrected chi connectivity index (χ2v) is 6.09. The van der Waals surface area contributed by atoms with Gasteiger partial charge in [0.15, 0.2) is 0 Å². The van der Waals surface area contributed by atoms with Crippen LogP contribution in [0, 0.1) is 10.1 Å². The lowest BCUT2D eigenvalue weighted by Crippen LogP contribution is -2.14.